The smallest absolute Gasteiger partial charge is 0.347 e. The van der Waals surface area contributed by atoms with Gasteiger partial charge in [-0.3, -0.25) is 4.79 Å². The van der Waals surface area contributed by atoms with Gasteiger partial charge < -0.3 is 14.2 Å². The SMILES string of the molecule is COC(=O)c1ccc(OC(=O)c2cc(C)ccc2OC(C)C)c(C(C)=O)c1. The van der Waals surface area contributed by atoms with Crippen LogP contribution in [0.2, 0.25) is 0 Å². The Morgan fingerprint density at radius 2 is 1.56 bits per heavy atom. The van der Waals surface area contributed by atoms with Crippen LogP contribution < -0.4 is 9.47 Å². The number of aryl methyl sites for hydroxylation is 1. The molecule has 2 aromatic carbocycles. The minimum Gasteiger partial charge on any atom is -0.490 e. The Morgan fingerprint density at radius 1 is 0.889 bits per heavy atom. The van der Waals surface area contributed by atoms with Gasteiger partial charge in [0, 0.05) is 0 Å². The minimum absolute atomic E-state index is 0.0668. The van der Waals surface area contributed by atoms with Gasteiger partial charge in [0.15, 0.2) is 5.78 Å². The molecular formula is C21H22O6. The molecule has 0 spiro atoms. The molecule has 0 aliphatic heterocycles. The number of hydrogen-bond donors (Lipinski definition) is 0. The highest BCUT2D eigenvalue weighted by Gasteiger charge is 2.20. The fraction of sp³-hybridized carbons (Fsp3) is 0.286. The fourth-order valence-corrected chi connectivity index (χ4v) is 2.45. The topological polar surface area (TPSA) is 78.9 Å². The van der Waals surface area contributed by atoms with Gasteiger partial charge in [-0.15, -0.1) is 0 Å². The number of esters is 2. The third kappa shape index (κ3) is 4.94. The van der Waals surface area contributed by atoms with Crippen LogP contribution in [0.25, 0.3) is 0 Å². The van der Waals surface area contributed by atoms with Crippen molar-refractivity contribution in [2.24, 2.45) is 0 Å². The van der Waals surface area contributed by atoms with E-state index in [1.54, 1.807) is 12.1 Å². The third-order valence-electron chi connectivity index (χ3n) is 3.70. The molecule has 0 heterocycles. The highest BCUT2D eigenvalue weighted by Crippen LogP contribution is 2.26. The van der Waals surface area contributed by atoms with Gasteiger partial charge in [0.25, 0.3) is 0 Å². The number of Topliss-reactive ketones (excluding diaryl/α,β-unsaturated/α-hetero) is 1. The molecule has 0 unspecified atom stereocenters. The Labute approximate surface area is 158 Å². The predicted molar refractivity (Wildman–Crippen MR) is 99.7 cm³/mol. The molecule has 0 fully saturated rings. The van der Waals surface area contributed by atoms with E-state index in [9.17, 15) is 14.4 Å². The summed E-state index contributed by atoms with van der Waals surface area (Å²) in [4.78, 5) is 36.3. The minimum atomic E-state index is -0.650. The molecule has 0 N–H and O–H groups in total. The van der Waals surface area contributed by atoms with Crippen LogP contribution >= 0.6 is 0 Å². The first-order chi connectivity index (χ1) is 12.7. The lowest BCUT2D eigenvalue weighted by molar-refractivity contribution is 0.0600. The quantitative estimate of drug-likeness (QED) is 0.435. The zero-order chi connectivity index (χ0) is 20.1. The Kier molecular flexibility index (Phi) is 6.34. The van der Waals surface area contributed by atoms with E-state index in [-0.39, 0.29) is 34.3 Å². The normalized spacial score (nSPS) is 10.4. The van der Waals surface area contributed by atoms with Crippen molar-refractivity contribution in [3.05, 3.63) is 58.7 Å². The molecule has 0 amide bonds. The molecule has 0 bridgehead atoms. The van der Waals surface area contributed by atoms with Gasteiger partial charge in [0.05, 0.1) is 24.3 Å². The zero-order valence-corrected chi connectivity index (χ0v) is 16.0. The van der Waals surface area contributed by atoms with E-state index in [0.717, 1.165) is 5.56 Å². The maximum atomic E-state index is 12.7. The first-order valence-corrected chi connectivity index (χ1v) is 8.45. The molecule has 6 nitrogen and oxygen atoms in total. The molecule has 0 aromatic heterocycles. The second-order valence-electron chi connectivity index (χ2n) is 6.31. The van der Waals surface area contributed by atoms with Gasteiger partial charge >= 0.3 is 11.9 Å². The molecule has 2 aromatic rings. The molecule has 27 heavy (non-hydrogen) atoms. The van der Waals surface area contributed by atoms with Crippen molar-refractivity contribution in [1.29, 1.82) is 0 Å². The summed E-state index contributed by atoms with van der Waals surface area (Å²) in [5.74, 6) is -1.11. The van der Waals surface area contributed by atoms with Gasteiger partial charge in [-0.2, -0.15) is 0 Å². The van der Waals surface area contributed by atoms with Crippen LogP contribution in [0.3, 0.4) is 0 Å². The van der Waals surface area contributed by atoms with Crippen LogP contribution in [-0.2, 0) is 4.74 Å². The number of benzene rings is 2. The van der Waals surface area contributed by atoms with Crippen molar-refractivity contribution in [2.75, 3.05) is 7.11 Å². The van der Waals surface area contributed by atoms with E-state index >= 15 is 0 Å². The number of carbonyl (C=O) groups is 3. The van der Waals surface area contributed by atoms with Crippen LogP contribution in [0, 0.1) is 6.92 Å². The fourth-order valence-electron chi connectivity index (χ4n) is 2.45. The Hall–Kier alpha value is -3.15. The first kappa shape index (κ1) is 20.2. The zero-order valence-electron chi connectivity index (χ0n) is 16.0. The first-order valence-electron chi connectivity index (χ1n) is 8.45. The summed E-state index contributed by atoms with van der Waals surface area (Å²) in [5.41, 5.74) is 1.44. The number of rotatable bonds is 6. The lowest BCUT2D eigenvalue weighted by Crippen LogP contribution is -2.15. The van der Waals surface area contributed by atoms with Crippen molar-refractivity contribution in [3.63, 3.8) is 0 Å². The summed E-state index contributed by atoms with van der Waals surface area (Å²) in [5, 5.41) is 0. The molecule has 0 aliphatic rings. The van der Waals surface area contributed by atoms with E-state index in [2.05, 4.69) is 4.74 Å². The van der Waals surface area contributed by atoms with Crippen molar-refractivity contribution in [2.45, 2.75) is 33.8 Å². The lowest BCUT2D eigenvalue weighted by atomic mass is 10.1. The highest BCUT2D eigenvalue weighted by molar-refractivity contribution is 6.02. The monoisotopic (exact) mass is 370 g/mol. The summed E-state index contributed by atoms with van der Waals surface area (Å²) < 4.78 is 15.8. The van der Waals surface area contributed by atoms with Gasteiger partial charge in [0.1, 0.15) is 17.1 Å². The predicted octanol–water partition coefficient (Wildman–Crippen LogP) is 3.99. The van der Waals surface area contributed by atoms with E-state index in [0.29, 0.717) is 5.75 Å². The van der Waals surface area contributed by atoms with Crippen LogP contribution in [0.15, 0.2) is 36.4 Å². The Balaban J connectivity index is 2.39. The molecule has 0 atom stereocenters. The summed E-state index contributed by atoms with van der Waals surface area (Å²) >= 11 is 0. The van der Waals surface area contributed by atoms with Gasteiger partial charge in [-0.25, -0.2) is 9.59 Å². The number of hydrogen-bond acceptors (Lipinski definition) is 6. The molecule has 0 aliphatic carbocycles. The van der Waals surface area contributed by atoms with Crippen LogP contribution in [0.5, 0.6) is 11.5 Å². The number of carbonyl (C=O) groups excluding carboxylic acids is 3. The largest absolute Gasteiger partial charge is 0.490 e. The molecule has 6 heteroatoms. The van der Waals surface area contributed by atoms with E-state index < -0.39 is 11.9 Å². The second-order valence-corrected chi connectivity index (χ2v) is 6.31. The van der Waals surface area contributed by atoms with E-state index in [1.807, 2.05) is 26.8 Å². The average molecular weight is 370 g/mol. The van der Waals surface area contributed by atoms with E-state index in [4.69, 9.17) is 9.47 Å². The lowest BCUT2D eigenvalue weighted by Gasteiger charge is -2.15. The van der Waals surface area contributed by atoms with Gasteiger partial charge in [0.2, 0.25) is 0 Å². The second kappa shape index (κ2) is 8.49. The summed E-state index contributed by atoms with van der Waals surface area (Å²) in [6, 6.07) is 9.38. The Morgan fingerprint density at radius 3 is 2.15 bits per heavy atom. The van der Waals surface area contributed by atoms with Crippen molar-refractivity contribution in [1.82, 2.24) is 0 Å². The summed E-state index contributed by atoms with van der Waals surface area (Å²) in [7, 11) is 1.25. The third-order valence-corrected chi connectivity index (χ3v) is 3.70. The van der Waals surface area contributed by atoms with Crippen molar-refractivity contribution in [3.8, 4) is 11.5 Å². The maximum Gasteiger partial charge on any atom is 0.347 e. The maximum absolute atomic E-state index is 12.7. The van der Waals surface area contributed by atoms with Gasteiger partial charge in [-0.05, 0) is 58.0 Å². The molecule has 142 valence electrons. The number of ether oxygens (including phenoxy) is 3. The molecular weight excluding hydrogens is 348 g/mol. The molecule has 2 rings (SSSR count). The molecule has 0 saturated carbocycles. The highest BCUT2D eigenvalue weighted by atomic mass is 16.5. The average Bonchev–Trinajstić information content (AvgIpc) is 2.62. The standard InChI is InChI=1S/C21H22O6/c1-12(2)26-19-8-6-13(3)10-17(19)21(24)27-18-9-7-15(20(23)25-5)11-16(18)14(4)22/h6-12H,1-5H3. The van der Waals surface area contributed by atoms with Crippen LogP contribution in [0.1, 0.15) is 57.4 Å². The van der Waals surface area contributed by atoms with E-state index in [1.165, 1.54) is 32.2 Å². The van der Waals surface area contributed by atoms with Gasteiger partial charge in [-0.1, -0.05) is 11.6 Å². The summed E-state index contributed by atoms with van der Waals surface area (Å²) in [6.07, 6.45) is -0.119. The van der Waals surface area contributed by atoms with Crippen molar-refractivity contribution >= 4 is 17.7 Å². The molecule has 0 radical (unpaired) electrons. The van der Waals surface area contributed by atoms with Crippen LogP contribution in [-0.4, -0.2) is 30.9 Å². The number of ketones is 1. The Bertz CT molecular complexity index is 882. The number of methoxy groups -OCH3 is 1. The summed E-state index contributed by atoms with van der Waals surface area (Å²) in [6.45, 7) is 6.89. The van der Waals surface area contributed by atoms with Crippen LogP contribution in [0.4, 0.5) is 0 Å². The van der Waals surface area contributed by atoms with Crippen molar-refractivity contribution < 1.29 is 28.6 Å². The molecule has 0 saturated heterocycles.